The van der Waals surface area contributed by atoms with Gasteiger partial charge in [0.05, 0.1) is 25.5 Å². The number of fused-ring (bicyclic) bond motifs is 1. The van der Waals surface area contributed by atoms with Crippen LogP contribution >= 0.6 is 0 Å². The van der Waals surface area contributed by atoms with Gasteiger partial charge >= 0.3 is 12.0 Å². The zero-order chi connectivity index (χ0) is 18.5. The van der Waals surface area contributed by atoms with E-state index >= 15 is 0 Å². The molecule has 2 heterocycles. The normalized spacial score (nSPS) is 10.5. The number of benzene rings is 1. The van der Waals surface area contributed by atoms with Crippen molar-refractivity contribution in [3.63, 3.8) is 0 Å². The Kier molecular flexibility index (Phi) is 4.92. The maximum absolute atomic E-state index is 12.1. The summed E-state index contributed by atoms with van der Waals surface area (Å²) in [7, 11) is 1.26. The Morgan fingerprint density at radius 3 is 2.92 bits per heavy atom. The van der Waals surface area contributed by atoms with Crippen LogP contribution in [0.3, 0.4) is 0 Å². The average Bonchev–Trinajstić information content (AvgIpc) is 3.11. The lowest BCUT2D eigenvalue weighted by molar-refractivity contribution is 0.0594. The van der Waals surface area contributed by atoms with Crippen molar-refractivity contribution < 1.29 is 14.3 Å². The van der Waals surface area contributed by atoms with Crippen molar-refractivity contribution in [1.29, 1.82) is 0 Å². The SMILES string of the molecule is COC(=O)c1cn(CCNC(=O)Nc2cccc3c(=O)[nH]ccc23)nn1. The van der Waals surface area contributed by atoms with Crippen LogP contribution < -0.4 is 16.2 Å². The lowest BCUT2D eigenvalue weighted by Gasteiger charge is -2.09. The summed E-state index contributed by atoms with van der Waals surface area (Å²) in [5.74, 6) is -0.576. The molecule has 26 heavy (non-hydrogen) atoms. The number of ether oxygens (including phenoxy) is 1. The molecule has 0 bridgehead atoms. The topological polar surface area (TPSA) is 131 Å². The highest BCUT2D eigenvalue weighted by Gasteiger charge is 2.11. The van der Waals surface area contributed by atoms with E-state index in [9.17, 15) is 14.4 Å². The number of nitrogens with one attached hydrogen (secondary N) is 3. The van der Waals surface area contributed by atoms with Crippen molar-refractivity contribution in [2.75, 3.05) is 19.0 Å². The number of aromatic amines is 1. The molecule has 10 heteroatoms. The number of urea groups is 1. The van der Waals surface area contributed by atoms with Crippen LogP contribution in [0.25, 0.3) is 10.8 Å². The van der Waals surface area contributed by atoms with E-state index in [1.807, 2.05) is 0 Å². The molecule has 0 saturated carbocycles. The molecule has 0 saturated heterocycles. The van der Waals surface area contributed by atoms with Gasteiger partial charge in [-0.25, -0.2) is 14.3 Å². The first kappa shape index (κ1) is 17.1. The maximum Gasteiger partial charge on any atom is 0.360 e. The van der Waals surface area contributed by atoms with Gasteiger partial charge in [0.25, 0.3) is 5.56 Å². The molecule has 0 atom stereocenters. The molecule has 0 aliphatic carbocycles. The monoisotopic (exact) mass is 356 g/mol. The number of rotatable bonds is 5. The third-order valence-corrected chi connectivity index (χ3v) is 3.62. The molecule has 0 unspecified atom stereocenters. The number of esters is 1. The van der Waals surface area contributed by atoms with Crippen molar-refractivity contribution in [3.8, 4) is 0 Å². The fraction of sp³-hybridized carbons (Fsp3) is 0.188. The van der Waals surface area contributed by atoms with Crippen LogP contribution in [0.5, 0.6) is 0 Å². The summed E-state index contributed by atoms with van der Waals surface area (Å²) >= 11 is 0. The molecule has 3 rings (SSSR count). The standard InChI is InChI=1S/C16H16N6O4/c1-26-15(24)13-9-22(21-20-13)8-7-18-16(25)19-12-4-2-3-11-10(12)5-6-17-14(11)23/h2-6,9H,7-8H2,1H3,(H,17,23)(H2,18,19,25). The van der Waals surface area contributed by atoms with Gasteiger partial charge in [-0.2, -0.15) is 0 Å². The first-order valence-electron chi connectivity index (χ1n) is 7.72. The first-order valence-corrected chi connectivity index (χ1v) is 7.72. The molecule has 2 aromatic heterocycles. The zero-order valence-electron chi connectivity index (χ0n) is 13.9. The van der Waals surface area contributed by atoms with E-state index < -0.39 is 12.0 Å². The second-order valence-electron chi connectivity index (χ2n) is 5.31. The number of anilines is 1. The molecule has 0 aliphatic rings. The Labute approximate surface area is 147 Å². The van der Waals surface area contributed by atoms with Crippen molar-refractivity contribution in [2.24, 2.45) is 0 Å². The van der Waals surface area contributed by atoms with Crippen LogP contribution in [0.15, 0.2) is 41.5 Å². The summed E-state index contributed by atoms with van der Waals surface area (Å²) in [6, 6.07) is 6.38. The number of nitrogens with zero attached hydrogens (tertiary/aromatic N) is 3. The third kappa shape index (κ3) is 3.69. The van der Waals surface area contributed by atoms with Crippen LogP contribution in [0.1, 0.15) is 10.5 Å². The Morgan fingerprint density at radius 2 is 2.12 bits per heavy atom. The van der Waals surface area contributed by atoms with E-state index in [0.717, 1.165) is 0 Å². The maximum atomic E-state index is 12.1. The van der Waals surface area contributed by atoms with Crippen LogP contribution in [0.2, 0.25) is 0 Å². The van der Waals surface area contributed by atoms with Gasteiger partial charge in [0.15, 0.2) is 5.69 Å². The molecule has 10 nitrogen and oxygen atoms in total. The van der Waals surface area contributed by atoms with Crippen molar-refractivity contribution in [1.82, 2.24) is 25.3 Å². The zero-order valence-corrected chi connectivity index (χ0v) is 13.9. The average molecular weight is 356 g/mol. The fourth-order valence-corrected chi connectivity index (χ4v) is 2.39. The Morgan fingerprint density at radius 1 is 1.27 bits per heavy atom. The highest BCUT2D eigenvalue weighted by atomic mass is 16.5. The molecule has 1 aromatic carbocycles. The first-order chi connectivity index (χ1) is 12.6. The number of H-pyrrole nitrogens is 1. The number of pyridine rings is 1. The molecule has 0 radical (unpaired) electrons. The van der Waals surface area contributed by atoms with E-state index in [0.29, 0.717) is 23.0 Å². The molecular formula is C16H16N6O4. The summed E-state index contributed by atoms with van der Waals surface area (Å²) in [6.45, 7) is 0.591. The van der Waals surface area contributed by atoms with Crippen molar-refractivity contribution in [2.45, 2.75) is 6.54 Å². The molecule has 3 N–H and O–H groups in total. The smallest absolute Gasteiger partial charge is 0.360 e. The van der Waals surface area contributed by atoms with Gasteiger partial charge in [-0.05, 0) is 18.2 Å². The van der Waals surface area contributed by atoms with Crippen LogP contribution in [-0.2, 0) is 11.3 Å². The number of hydrogen-bond donors (Lipinski definition) is 3. The molecule has 0 spiro atoms. The molecule has 2 amide bonds. The van der Waals surface area contributed by atoms with E-state index in [4.69, 9.17) is 0 Å². The minimum atomic E-state index is -0.576. The van der Waals surface area contributed by atoms with Crippen molar-refractivity contribution >= 4 is 28.5 Å². The quantitative estimate of drug-likeness (QED) is 0.578. The molecule has 0 fully saturated rings. The second kappa shape index (κ2) is 7.47. The van der Waals surface area contributed by atoms with Gasteiger partial charge in [0, 0.05) is 23.5 Å². The molecule has 3 aromatic rings. The van der Waals surface area contributed by atoms with Gasteiger partial charge in [-0.1, -0.05) is 11.3 Å². The van der Waals surface area contributed by atoms with Gasteiger partial charge in [0.1, 0.15) is 0 Å². The number of amides is 2. The predicted octanol–water partition coefficient (Wildman–Crippen LogP) is 0.728. The highest BCUT2D eigenvalue weighted by Crippen LogP contribution is 2.19. The van der Waals surface area contributed by atoms with E-state index in [1.54, 1.807) is 24.3 Å². The fourth-order valence-electron chi connectivity index (χ4n) is 2.39. The number of aromatic nitrogens is 4. The summed E-state index contributed by atoms with van der Waals surface area (Å²) in [5, 5.41) is 14.0. The third-order valence-electron chi connectivity index (χ3n) is 3.62. The Balaban J connectivity index is 1.58. The number of carbonyl (C=O) groups is 2. The van der Waals surface area contributed by atoms with Gasteiger partial charge < -0.3 is 20.4 Å². The van der Waals surface area contributed by atoms with Crippen molar-refractivity contribution in [3.05, 3.63) is 52.7 Å². The summed E-state index contributed by atoms with van der Waals surface area (Å²) in [5.41, 5.74) is 0.400. The molecular weight excluding hydrogens is 340 g/mol. The number of methoxy groups -OCH3 is 1. The summed E-state index contributed by atoms with van der Waals surface area (Å²) in [4.78, 5) is 37.7. The molecule has 134 valence electrons. The Hall–Kier alpha value is -3.69. The highest BCUT2D eigenvalue weighted by molar-refractivity contribution is 6.01. The lowest BCUT2D eigenvalue weighted by Crippen LogP contribution is -2.31. The summed E-state index contributed by atoms with van der Waals surface area (Å²) < 4.78 is 5.96. The minimum Gasteiger partial charge on any atom is -0.464 e. The van der Waals surface area contributed by atoms with Gasteiger partial charge in [0.2, 0.25) is 0 Å². The van der Waals surface area contributed by atoms with E-state index in [1.165, 1.54) is 24.2 Å². The van der Waals surface area contributed by atoms with Crippen LogP contribution in [0, 0.1) is 0 Å². The lowest BCUT2D eigenvalue weighted by atomic mass is 10.1. The van der Waals surface area contributed by atoms with Gasteiger partial charge in [-0.3, -0.25) is 4.79 Å². The second-order valence-corrected chi connectivity index (χ2v) is 5.31. The number of hydrogen-bond acceptors (Lipinski definition) is 6. The summed E-state index contributed by atoms with van der Waals surface area (Å²) in [6.07, 6.45) is 2.96. The van der Waals surface area contributed by atoms with Crippen LogP contribution in [-0.4, -0.2) is 45.6 Å². The van der Waals surface area contributed by atoms with E-state index in [-0.39, 0.29) is 17.8 Å². The molecule has 0 aliphatic heterocycles. The van der Waals surface area contributed by atoms with Crippen LogP contribution in [0.4, 0.5) is 10.5 Å². The Bertz CT molecular complexity index is 1010. The largest absolute Gasteiger partial charge is 0.464 e. The van der Waals surface area contributed by atoms with Gasteiger partial charge in [-0.15, -0.1) is 5.10 Å². The minimum absolute atomic E-state index is 0.0953. The van der Waals surface area contributed by atoms with E-state index in [2.05, 4.69) is 30.7 Å². The number of carbonyl (C=O) groups excluding carboxylic acids is 2. The predicted molar refractivity (Wildman–Crippen MR) is 93.0 cm³/mol.